The number of imidazole rings is 1. The van der Waals surface area contributed by atoms with Gasteiger partial charge in [0.05, 0.1) is 12.1 Å². The summed E-state index contributed by atoms with van der Waals surface area (Å²) in [5.41, 5.74) is 2.76. The molecule has 0 saturated carbocycles. The molecule has 0 atom stereocenters. The molecule has 1 heterocycles. The zero-order valence-electron chi connectivity index (χ0n) is 17.2. The van der Waals surface area contributed by atoms with Gasteiger partial charge in [0.15, 0.2) is 5.82 Å². The fraction of sp³-hybridized carbons (Fsp3) is 0.304. The quantitative estimate of drug-likeness (QED) is 0.717. The van der Waals surface area contributed by atoms with E-state index in [2.05, 4.69) is 42.8 Å². The van der Waals surface area contributed by atoms with Crippen LogP contribution in [0.5, 0.6) is 0 Å². The Balaban J connectivity index is 2.05. The fourth-order valence-corrected chi connectivity index (χ4v) is 3.27. The molecule has 1 aromatic heterocycles. The number of carbonyl (C=O) groups excluding carboxylic acids is 1. The summed E-state index contributed by atoms with van der Waals surface area (Å²) >= 11 is 0. The molecule has 0 radical (unpaired) electrons. The van der Waals surface area contributed by atoms with Gasteiger partial charge in [0.2, 0.25) is 11.9 Å². The van der Waals surface area contributed by atoms with Gasteiger partial charge in [-0.2, -0.15) is 4.98 Å². The Hall–Kier alpha value is -3.08. The Labute approximate surface area is 167 Å². The van der Waals surface area contributed by atoms with Gasteiger partial charge in [0.1, 0.15) is 0 Å². The van der Waals surface area contributed by atoms with Gasteiger partial charge in [-0.3, -0.25) is 9.36 Å². The number of anilines is 2. The molecule has 0 aliphatic rings. The number of hydrogen-bond acceptors (Lipinski definition) is 3. The van der Waals surface area contributed by atoms with Crippen LogP contribution in [0.2, 0.25) is 0 Å². The van der Waals surface area contributed by atoms with Crippen molar-refractivity contribution in [3.8, 4) is 5.69 Å². The molecule has 5 nitrogen and oxygen atoms in total. The van der Waals surface area contributed by atoms with Crippen molar-refractivity contribution < 1.29 is 4.79 Å². The minimum absolute atomic E-state index is 0.0697. The molecule has 0 aliphatic heterocycles. The van der Waals surface area contributed by atoms with Crippen LogP contribution in [0.4, 0.5) is 11.8 Å². The molecule has 0 bridgehead atoms. The van der Waals surface area contributed by atoms with Gasteiger partial charge in [-0.15, -0.1) is 0 Å². The maximum absolute atomic E-state index is 12.7. The predicted molar refractivity (Wildman–Crippen MR) is 115 cm³/mol. The van der Waals surface area contributed by atoms with E-state index in [9.17, 15) is 4.79 Å². The van der Waals surface area contributed by atoms with E-state index < -0.39 is 0 Å². The molecule has 0 fully saturated rings. The van der Waals surface area contributed by atoms with E-state index >= 15 is 0 Å². The van der Waals surface area contributed by atoms with Crippen LogP contribution in [-0.2, 0) is 16.6 Å². The lowest BCUT2D eigenvalue weighted by atomic mass is 9.91. The molecule has 2 aromatic carbocycles. The van der Waals surface area contributed by atoms with Crippen molar-refractivity contribution in [2.24, 2.45) is 0 Å². The standard InChI is InChI=1S/C23H28N4O/c1-23(2,3)20-21(24-19(28)16-17-12-8-6-9-13-17)25-22(26(4)5)27(20)18-14-10-7-11-15-18/h6-15H,16H2,1-5H3,(H,24,28). The number of nitrogens with zero attached hydrogens (tertiary/aromatic N) is 3. The van der Waals surface area contributed by atoms with Crippen LogP contribution in [-0.4, -0.2) is 29.6 Å². The van der Waals surface area contributed by atoms with Crippen molar-refractivity contribution in [3.63, 3.8) is 0 Å². The average Bonchev–Trinajstić information content (AvgIpc) is 3.03. The van der Waals surface area contributed by atoms with Gasteiger partial charge < -0.3 is 10.2 Å². The van der Waals surface area contributed by atoms with Crippen LogP contribution in [0.3, 0.4) is 0 Å². The highest BCUT2D eigenvalue weighted by Gasteiger charge is 2.29. The minimum atomic E-state index is -0.216. The highest BCUT2D eigenvalue weighted by molar-refractivity contribution is 5.92. The number of aromatic nitrogens is 2. The molecule has 146 valence electrons. The third kappa shape index (κ3) is 4.25. The summed E-state index contributed by atoms with van der Waals surface area (Å²) in [6, 6.07) is 19.9. The number of rotatable bonds is 5. The Kier molecular flexibility index (Phi) is 5.54. The summed E-state index contributed by atoms with van der Waals surface area (Å²) in [7, 11) is 3.92. The fourth-order valence-electron chi connectivity index (χ4n) is 3.27. The molecule has 1 amide bonds. The van der Waals surface area contributed by atoms with Crippen molar-refractivity contribution >= 4 is 17.7 Å². The second-order valence-electron chi connectivity index (χ2n) is 8.13. The summed E-state index contributed by atoms with van der Waals surface area (Å²) in [5, 5.41) is 3.05. The molecule has 0 saturated heterocycles. The predicted octanol–water partition coefficient (Wildman–Crippen LogP) is 4.42. The van der Waals surface area contributed by atoms with Gasteiger partial charge in [0.25, 0.3) is 0 Å². The second kappa shape index (κ2) is 7.89. The van der Waals surface area contributed by atoms with Gasteiger partial charge in [0, 0.05) is 25.2 Å². The maximum atomic E-state index is 12.7. The molecule has 5 heteroatoms. The smallest absolute Gasteiger partial charge is 0.229 e. The van der Waals surface area contributed by atoms with Crippen LogP contribution in [0.25, 0.3) is 5.69 Å². The zero-order chi connectivity index (χ0) is 20.3. The lowest BCUT2D eigenvalue weighted by molar-refractivity contribution is -0.115. The first kappa shape index (κ1) is 19.7. The third-order valence-corrected chi connectivity index (χ3v) is 4.45. The van der Waals surface area contributed by atoms with Crippen molar-refractivity contribution in [1.29, 1.82) is 0 Å². The Morgan fingerprint density at radius 3 is 2.11 bits per heavy atom. The van der Waals surface area contributed by atoms with E-state index in [0.29, 0.717) is 12.2 Å². The van der Waals surface area contributed by atoms with E-state index in [0.717, 1.165) is 22.9 Å². The van der Waals surface area contributed by atoms with Crippen LogP contribution >= 0.6 is 0 Å². The van der Waals surface area contributed by atoms with E-state index in [1.54, 1.807) is 0 Å². The van der Waals surface area contributed by atoms with Gasteiger partial charge in [-0.05, 0) is 17.7 Å². The molecule has 0 spiro atoms. The van der Waals surface area contributed by atoms with Crippen molar-refractivity contribution in [2.75, 3.05) is 24.3 Å². The SMILES string of the molecule is CN(C)c1nc(NC(=O)Cc2ccccc2)c(C(C)(C)C)n1-c1ccccc1. The van der Waals surface area contributed by atoms with Crippen LogP contribution < -0.4 is 10.2 Å². The lowest BCUT2D eigenvalue weighted by Crippen LogP contribution is -2.23. The monoisotopic (exact) mass is 376 g/mol. The minimum Gasteiger partial charge on any atom is -0.348 e. The molecule has 0 unspecified atom stereocenters. The summed E-state index contributed by atoms with van der Waals surface area (Å²) in [5.74, 6) is 1.33. The van der Waals surface area contributed by atoms with Crippen LogP contribution in [0.15, 0.2) is 60.7 Å². The van der Waals surface area contributed by atoms with Crippen molar-refractivity contribution in [2.45, 2.75) is 32.6 Å². The third-order valence-electron chi connectivity index (χ3n) is 4.45. The highest BCUT2D eigenvalue weighted by Crippen LogP contribution is 2.35. The summed E-state index contributed by atoms with van der Waals surface area (Å²) in [6.07, 6.45) is 0.319. The first-order chi connectivity index (χ1) is 13.3. The number of nitrogens with one attached hydrogen (secondary N) is 1. The van der Waals surface area contributed by atoms with E-state index in [1.165, 1.54) is 0 Å². The molecule has 3 aromatic rings. The highest BCUT2D eigenvalue weighted by atomic mass is 16.1. The first-order valence-corrected chi connectivity index (χ1v) is 9.47. The summed E-state index contributed by atoms with van der Waals surface area (Å²) in [4.78, 5) is 19.5. The topological polar surface area (TPSA) is 50.2 Å². The Bertz CT molecular complexity index is 938. The molecular weight excluding hydrogens is 348 g/mol. The number of hydrogen-bond donors (Lipinski definition) is 1. The van der Waals surface area contributed by atoms with Gasteiger partial charge in [-0.1, -0.05) is 69.3 Å². The second-order valence-corrected chi connectivity index (χ2v) is 8.13. The Morgan fingerprint density at radius 1 is 1.00 bits per heavy atom. The molecule has 1 N–H and O–H groups in total. The van der Waals surface area contributed by atoms with Crippen LogP contribution in [0, 0.1) is 0 Å². The molecule has 28 heavy (non-hydrogen) atoms. The van der Waals surface area contributed by atoms with E-state index in [-0.39, 0.29) is 11.3 Å². The average molecular weight is 377 g/mol. The molecular formula is C23H28N4O. The Morgan fingerprint density at radius 2 is 1.57 bits per heavy atom. The number of para-hydroxylation sites is 1. The van der Waals surface area contributed by atoms with Crippen molar-refractivity contribution in [1.82, 2.24) is 9.55 Å². The summed E-state index contributed by atoms with van der Waals surface area (Å²) in [6.45, 7) is 6.40. The first-order valence-electron chi connectivity index (χ1n) is 9.47. The molecule has 3 rings (SSSR count). The summed E-state index contributed by atoms with van der Waals surface area (Å²) < 4.78 is 2.12. The lowest BCUT2D eigenvalue weighted by Gasteiger charge is -2.24. The number of carbonyl (C=O) groups is 1. The van der Waals surface area contributed by atoms with E-state index in [4.69, 9.17) is 4.98 Å². The largest absolute Gasteiger partial charge is 0.348 e. The van der Waals surface area contributed by atoms with Crippen LogP contribution in [0.1, 0.15) is 32.0 Å². The van der Waals surface area contributed by atoms with Crippen molar-refractivity contribution in [3.05, 3.63) is 71.9 Å². The zero-order valence-corrected chi connectivity index (χ0v) is 17.2. The maximum Gasteiger partial charge on any atom is 0.229 e. The van der Waals surface area contributed by atoms with E-state index in [1.807, 2.05) is 67.5 Å². The number of amides is 1. The van der Waals surface area contributed by atoms with Gasteiger partial charge >= 0.3 is 0 Å². The normalized spacial score (nSPS) is 11.3. The molecule has 0 aliphatic carbocycles. The van der Waals surface area contributed by atoms with Gasteiger partial charge in [-0.25, -0.2) is 0 Å². The number of benzene rings is 2.